The molecule has 2 bridgehead atoms. The quantitative estimate of drug-likeness (QED) is 0.599. The summed E-state index contributed by atoms with van der Waals surface area (Å²) in [6, 6.07) is 13.5. The lowest BCUT2D eigenvalue weighted by Gasteiger charge is -2.26. The Morgan fingerprint density at radius 1 is 0.875 bits per heavy atom. The zero-order chi connectivity index (χ0) is 16.7. The van der Waals surface area contributed by atoms with Gasteiger partial charge in [-0.3, -0.25) is 9.59 Å². The van der Waals surface area contributed by atoms with Gasteiger partial charge in [0.1, 0.15) is 0 Å². The maximum absolute atomic E-state index is 13.2. The molecule has 4 atom stereocenters. The normalized spacial score (nSPS) is 36.8. The van der Waals surface area contributed by atoms with Crippen LogP contribution in [0.1, 0.15) is 13.8 Å². The molecule has 3 aliphatic heterocycles. The fourth-order valence-corrected chi connectivity index (χ4v) is 4.67. The first kappa shape index (κ1) is 13.9. The molecular weight excluding hydrogens is 302 g/mol. The molecule has 0 aliphatic carbocycles. The Bertz CT molecular complexity index is 908. The number of imide groups is 1. The molecule has 2 fully saturated rings. The van der Waals surface area contributed by atoms with Crippen molar-refractivity contribution in [2.75, 3.05) is 4.90 Å². The van der Waals surface area contributed by atoms with Crippen LogP contribution in [0.15, 0.2) is 54.6 Å². The average molecular weight is 319 g/mol. The third kappa shape index (κ3) is 1.47. The second kappa shape index (κ2) is 4.14. The van der Waals surface area contributed by atoms with Gasteiger partial charge in [-0.15, -0.1) is 0 Å². The molecule has 2 amide bonds. The number of anilines is 1. The van der Waals surface area contributed by atoms with Crippen molar-refractivity contribution in [1.29, 1.82) is 0 Å². The summed E-state index contributed by atoms with van der Waals surface area (Å²) in [5, 5.41) is 1.93. The summed E-state index contributed by atoms with van der Waals surface area (Å²) >= 11 is 0. The van der Waals surface area contributed by atoms with Crippen LogP contribution >= 0.6 is 0 Å². The second-order valence-corrected chi connectivity index (χ2v) is 7.27. The number of amides is 2. The molecule has 5 rings (SSSR count). The predicted octanol–water partition coefficient (Wildman–Crippen LogP) is 3.06. The van der Waals surface area contributed by atoms with Gasteiger partial charge in [-0.2, -0.15) is 0 Å². The van der Waals surface area contributed by atoms with Crippen LogP contribution in [0.25, 0.3) is 10.8 Å². The number of ether oxygens (including phenoxy) is 1. The summed E-state index contributed by atoms with van der Waals surface area (Å²) in [5.41, 5.74) is -0.708. The van der Waals surface area contributed by atoms with Crippen molar-refractivity contribution in [3.63, 3.8) is 0 Å². The van der Waals surface area contributed by atoms with Crippen LogP contribution in [0.4, 0.5) is 5.69 Å². The summed E-state index contributed by atoms with van der Waals surface area (Å²) in [6.07, 6.45) is 3.87. The van der Waals surface area contributed by atoms with Crippen molar-refractivity contribution in [1.82, 2.24) is 0 Å². The molecule has 3 aliphatic rings. The van der Waals surface area contributed by atoms with Gasteiger partial charge in [-0.25, -0.2) is 4.90 Å². The van der Waals surface area contributed by atoms with Crippen molar-refractivity contribution in [2.45, 2.75) is 25.0 Å². The van der Waals surface area contributed by atoms with Crippen LogP contribution in [0.5, 0.6) is 0 Å². The summed E-state index contributed by atoms with van der Waals surface area (Å²) in [6.45, 7) is 3.80. The van der Waals surface area contributed by atoms with Gasteiger partial charge >= 0.3 is 0 Å². The zero-order valence-electron chi connectivity index (χ0n) is 13.5. The zero-order valence-corrected chi connectivity index (χ0v) is 13.5. The lowest BCUT2D eigenvalue weighted by molar-refractivity contribution is -0.128. The molecule has 0 saturated carbocycles. The summed E-state index contributed by atoms with van der Waals surface area (Å²) < 4.78 is 6.05. The predicted molar refractivity (Wildman–Crippen MR) is 90.5 cm³/mol. The van der Waals surface area contributed by atoms with E-state index in [2.05, 4.69) is 0 Å². The smallest absolute Gasteiger partial charge is 0.241 e. The minimum absolute atomic E-state index is 0.156. The highest BCUT2D eigenvalue weighted by atomic mass is 16.5. The average Bonchev–Trinajstić information content (AvgIpc) is 3.11. The Hall–Kier alpha value is -2.46. The van der Waals surface area contributed by atoms with Crippen molar-refractivity contribution in [2.24, 2.45) is 11.8 Å². The summed E-state index contributed by atoms with van der Waals surface area (Å²) in [4.78, 5) is 27.7. The fourth-order valence-electron chi connectivity index (χ4n) is 4.67. The van der Waals surface area contributed by atoms with Crippen LogP contribution in [0.2, 0.25) is 0 Å². The SMILES string of the molecule is C[C@]12C=C[C@](C)(O1)[C@@H]1C(=O)N(c3cccc4ccccc34)C(=O)[C@@H]12. The van der Waals surface area contributed by atoms with Crippen molar-refractivity contribution in [3.8, 4) is 0 Å². The fraction of sp³-hybridized carbons (Fsp3) is 0.300. The molecule has 2 aromatic carbocycles. The molecule has 4 heteroatoms. The molecule has 120 valence electrons. The molecule has 2 saturated heterocycles. The molecule has 2 aromatic rings. The lowest BCUT2D eigenvalue weighted by Crippen LogP contribution is -2.39. The maximum atomic E-state index is 13.2. The van der Waals surface area contributed by atoms with E-state index in [1.54, 1.807) is 0 Å². The van der Waals surface area contributed by atoms with Crippen LogP contribution < -0.4 is 4.90 Å². The van der Waals surface area contributed by atoms with E-state index >= 15 is 0 Å². The maximum Gasteiger partial charge on any atom is 0.241 e. The standard InChI is InChI=1S/C20H17NO3/c1-19-10-11-20(2,24-19)16-15(19)17(22)21(18(16)23)14-9-5-7-12-6-3-4-8-13(12)14/h3-11,15-16H,1-2H3/t15-,16+,19-,20+. The Balaban J connectivity index is 1.69. The van der Waals surface area contributed by atoms with Gasteiger partial charge in [0.2, 0.25) is 11.8 Å². The molecule has 0 unspecified atom stereocenters. The van der Waals surface area contributed by atoms with Crippen LogP contribution in [0, 0.1) is 11.8 Å². The minimum Gasteiger partial charge on any atom is -0.359 e. The molecule has 24 heavy (non-hydrogen) atoms. The van der Waals surface area contributed by atoms with E-state index in [0.717, 1.165) is 10.8 Å². The number of fused-ring (bicyclic) bond motifs is 6. The second-order valence-electron chi connectivity index (χ2n) is 7.27. The van der Waals surface area contributed by atoms with Crippen LogP contribution in [-0.2, 0) is 14.3 Å². The third-order valence-corrected chi connectivity index (χ3v) is 5.73. The van der Waals surface area contributed by atoms with Gasteiger partial charge in [0, 0.05) is 5.39 Å². The van der Waals surface area contributed by atoms with Gasteiger partial charge in [0.25, 0.3) is 0 Å². The van der Waals surface area contributed by atoms with E-state index in [0.29, 0.717) is 5.69 Å². The number of nitrogens with zero attached hydrogens (tertiary/aromatic N) is 1. The monoisotopic (exact) mass is 319 g/mol. The largest absolute Gasteiger partial charge is 0.359 e. The number of carbonyl (C=O) groups excluding carboxylic acids is 2. The first-order valence-electron chi connectivity index (χ1n) is 8.21. The highest BCUT2D eigenvalue weighted by molar-refractivity contribution is 6.26. The minimum atomic E-state index is -0.689. The Morgan fingerprint density at radius 3 is 2.12 bits per heavy atom. The number of hydrogen-bond donors (Lipinski definition) is 0. The summed E-state index contributed by atoms with van der Waals surface area (Å²) in [5.74, 6) is -1.20. The van der Waals surface area contributed by atoms with Gasteiger partial charge in [0.05, 0.1) is 28.7 Å². The first-order chi connectivity index (χ1) is 11.4. The van der Waals surface area contributed by atoms with E-state index < -0.39 is 23.0 Å². The molecule has 3 heterocycles. The highest BCUT2D eigenvalue weighted by Crippen LogP contribution is 2.57. The number of carbonyl (C=O) groups is 2. The van der Waals surface area contributed by atoms with Gasteiger partial charge < -0.3 is 4.74 Å². The van der Waals surface area contributed by atoms with E-state index in [1.807, 2.05) is 68.5 Å². The Labute approximate surface area is 139 Å². The summed E-state index contributed by atoms with van der Waals surface area (Å²) in [7, 11) is 0. The van der Waals surface area contributed by atoms with Crippen LogP contribution in [0.3, 0.4) is 0 Å². The van der Waals surface area contributed by atoms with Crippen molar-refractivity contribution < 1.29 is 14.3 Å². The molecular formula is C20H17NO3. The molecule has 0 radical (unpaired) electrons. The van der Waals surface area contributed by atoms with E-state index in [4.69, 9.17) is 4.74 Å². The van der Waals surface area contributed by atoms with E-state index in [9.17, 15) is 9.59 Å². The van der Waals surface area contributed by atoms with E-state index in [1.165, 1.54) is 4.90 Å². The van der Waals surface area contributed by atoms with Gasteiger partial charge in [0.15, 0.2) is 0 Å². The van der Waals surface area contributed by atoms with Gasteiger partial charge in [-0.05, 0) is 25.3 Å². The van der Waals surface area contributed by atoms with Gasteiger partial charge in [-0.1, -0.05) is 48.6 Å². The van der Waals surface area contributed by atoms with Crippen molar-refractivity contribution in [3.05, 3.63) is 54.6 Å². The number of rotatable bonds is 1. The third-order valence-electron chi connectivity index (χ3n) is 5.73. The van der Waals surface area contributed by atoms with Crippen molar-refractivity contribution >= 4 is 28.3 Å². The Morgan fingerprint density at radius 2 is 1.46 bits per heavy atom. The number of benzene rings is 2. The Kier molecular flexibility index (Phi) is 2.40. The molecule has 0 aromatic heterocycles. The molecule has 0 N–H and O–H groups in total. The molecule has 4 nitrogen and oxygen atoms in total. The topological polar surface area (TPSA) is 46.6 Å². The first-order valence-corrected chi connectivity index (χ1v) is 8.21. The molecule has 0 spiro atoms. The highest BCUT2D eigenvalue weighted by Gasteiger charge is 2.70. The van der Waals surface area contributed by atoms with E-state index in [-0.39, 0.29) is 11.8 Å². The number of hydrogen-bond acceptors (Lipinski definition) is 3. The van der Waals surface area contributed by atoms with Crippen LogP contribution in [-0.4, -0.2) is 23.0 Å². The lowest BCUT2D eigenvalue weighted by atomic mass is 9.73.